The Balaban J connectivity index is 2.13. The van der Waals surface area contributed by atoms with Crippen LogP contribution in [-0.4, -0.2) is 55.6 Å². The van der Waals surface area contributed by atoms with Gasteiger partial charge in [0.2, 0.25) is 0 Å². The van der Waals surface area contributed by atoms with Gasteiger partial charge in [-0.15, -0.1) is 0 Å². The Labute approximate surface area is 118 Å². The molecule has 0 aromatic carbocycles. The second kappa shape index (κ2) is 6.04. The molecule has 1 aliphatic heterocycles. The van der Waals surface area contributed by atoms with Crippen molar-refractivity contribution < 1.29 is 4.92 Å². The van der Waals surface area contributed by atoms with Crippen LogP contribution >= 0.6 is 0 Å². The van der Waals surface area contributed by atoms with Crippen LogP contribution in [0.2, 0.25) is 0 Å². The molecule has 1 aromatic rings. The highest BCUT2D eigenvalue weighted by Gasteiger charge is 2.22. The average molecular weight is 279 g/mol. The summed E-state index contributed by atoms with van der Waals surface area (Å²) in [6, 6.07) is 2.97. The molecular weight excluding hydrogens is 258 g/mol. The first kappa shape index (κ1) is 14.5. The molecule has 1 atom stereocenters. The number of nitrogens with zero attached hydrogens (tertiary/aromatic N) is 4. The fourth-order valence-electron chi connectivity index (χ4n) is 2.59. The third-order valence-electron chi connectivity index (χ3n) is 3.68. The number of hydrogen-bond acceptors (Lipinski definition) is 6. The van der Waals surface area contributed by atoms with Crippen LogP contribution in [0.1, 0.15) is 6.42 Å². The van der Waals surface area contributed by atoms with Gasteiger partial charge in [0.05, 0.1) is 17.1 Å². The summed E-state index contributed by atoms with van der Waals surface area (Å²) in [6.07, 6.45) is 1.16. The predicted octanol–water partition coefficient (Wildman–Crippen LogP) is 1.42. The monoisotopic (exact) mass is 279 g/mol. The fraction of sp³-hybridized carbons (Fsp3) is 0.615. The predicted molar refractivity (Wildman–Crippen MR) is 79.3 cm³/mol. The highest BCUT2D eigenvalue weighted by atomic mass is 16.6. The van der Waals surface area contributed by atoms with Crippen molar-refractivity contribution in [2.75, 3.05) is 51.0 Å². The largest absolute Gasteiger partial charge is 0.373 e. The molecule has 1 aliphatic rings. The topological polar surface area (TPSA) is 74.5 Å². The van der Waals surface area contributed by atoms with Gasteiger partial charge in [-0.05, 0) is 25.9 Å². The van der Waals surface area contributed by atoms with Gasteiger partial charge in [-0.1, -0.05) is 0 Å². The lowest BCUT2D eigenvalue weighted by Crippen LogP contribution is -2.28. The van der Waals surface area contributed by atoms with Crippen molar-refractivity contribution in [1.29, 1.82) is 0 Å². The summed E-state index contributed by atoms with van der Waals surface area (Å²) in [5.41, 5.74) is 0.0646. The molecule has 1 N–H and O–H groups in total. The Bertz CT molecular complexity index is 494. The molecule has 1 aromatic heterocycles. The van der Waals surface area contributed by atoms with Crippen molar-refractivity contribution in [1.82, 2.24) is 9.88 Å². The van der Waals surface area contributed by atoms with E-state index in [9.17, 15) is 10.1 Å². The van der Waals surface area contributed by atoms with E-state index in [0.717, 1.165) is 26.1 Å². The molecule has 0 saturated carbocycles. The Hall–Kier alpha value is -1.89. The minimum absolute atomic E-state index is 0.0646. The van der Waals surface area contributed by atoms with Gasteiger partial charge >= 0.3 is 0 Å². The van der Waals surface area contributed by atoms with E-state index in [1.165, 1.54) is 12.1 Å². The molecule has 7 heteroatoms. The number of aromatic nitrogens is 1. The van der Waals surface area contributed by atoms with Crippen LogP contribution in [0.4, 0.5) is 17.3 Å². The smallest absolute Gasteiger partial charge is 0.276 e. The third kappa shape index (κ3) is 3.36. The zero-order chi connectivity index (χ0) is 14.7. The third-order valence-corrected chi connectivity index (χ3v) is 3.68. The summed E-state index contributed by atoms with van der Waals surface area (Å²) < 4.78 is 0. The van der Waals surface area contributed by atoms with Gasteiger partial charge in [0.15, 0.2) is 0 Å². The number of rotatable bonds is 5. The van der Waals surface area contributed by atoms with E-state index in [-0.39, 0.29) is 10.6 Å². The molecule has 1 fully saturated rings. The van der Waals surface area contributed by atoms with Gasteiger partial charge in [0.1, 0.15) is 11.6 Å². The molecule has 1 unspecified atom stereocenters. The van der Waals surface area contributed by atoms with Crippen LogP contribution in [0.25, 0.3) is 0 Å². The quantitative estimate of drug-likeness (QED) is 0.649. The van der Waals surface area contributed by atoms with E-state index in [2.05, 4.69) is 22.2 Å². The fourth-order valence-corrected chi connectivity index (χ4v) is 2.59. The standard InChI is InChI=1S/C13H21N5O2/c1-14-12-6-11(18(19)20)7-13(15-12)17(3)9-10-4-5-16(2)8-10/h6-7,10H,4-5,8-9H2,1-3H3,(H,14,15). The van der Waals surface area contributed by atoms with Crippen molar-refractivity contribution in [3.63, 3.8) is 0 Å². The Kier molecular flexibility index (Phi) is 4.39. The number of likely N-dealkylation sites (tertiary alicyclic amines) is 1. The SMILES string of the molecule is CNc1cc([N+](=O)[O-])cc(N(C)CC2CCN(C)C2)n1. The number of nitro groups is 1. The molecule has 0 radical (unpaired) electrons. The summed E-state index contributed by atoms with van der Waals surface area (Å²) in [4.78, 5) is 19.3. The van der Waals surface area contributed by atoms with Gasteiger partial charge in [0, 0.05) is 27.2 Å². The maximum atomic E-state index is 11.0. The lowest BCUT2D eigenvalue weighted by Gasteiger charge is -2.22. The molecule has 20 heavy (non-hydrogen) atoms. The molecule has 1 saturated heterocycles. The van der Waals surface area contributed by atoms with E-state index in [1.807, 2.05) is 11.9 Å². The maximum absolute atomic E-state index is 11.0. The molecule has 0 aliphatic carbocycles. The number of pyridine rings is 1. The van der Waals surface area contributed by atoms with E-state index < -0.39 is 0 Å². The van der Waals surface area contributed by atoms with Gasteiger partial charge < -0.3 is 15.1 Å². The Morgan fingerprint density at radius 1 is 1.60 bits per heavy atom. The molecule has 0 amide bonds. The number of anilines is 2. The first-order valence-corrected chi connectivity index (χ1v) is 6.73. The maximum Gasteiger partial charge on any atom is 0.276 e. The molecular formula is C13H21N5O2. The summed E-state index contributed by atoms with van der Waals surface area (Å²) in [6.45, 7) is 3.04. The van der Waals surface area contributed by atoms with Crippen molar-refractivity contribution in [3.8, 4) is 0 Å². The summed E-state index contributed by atoms with van der Waals surface area (Å²) in [7, 11) is 5.76. The van der Waals surface area contributed by atoms with E-state index >= 15 is 0 Å². The van der Waals surface area contributed by atoms with Crippen LogP contribution in [0, 0.1) is 16.0 Å². The number of nitrogens with one attached hydrogen (secondary N) is 1. The van der Waals surface area contributed by atoms with E-state index in [0.29, 0.717) is 17.6 Å². The van der Waals surface area contributed by atoms with Crippen LogP contribution in [0.3, 0.4) is 0 Å². The lowest BCUT2D eigenvalue weighted by atomic mass is 10.1. The second-order valence-electron chi connectivity index (χ2n) is 5.37. The molecule has 7 nitrogen and oxygen atoms in total. The molecule has 0 bridgehead atoms. The zero-order valence-electron chi connectivity index (χ0n) is 12.2. The first-order valence-electron chi connectivity index (χ1n) is 6.73. The minimum atomic E-state index is -0.386. The van der Waals surface area contributed by atoms with Crippen molar-refractivity contribution >= 4 is 17.3 Å². The van der Waals surface area contributed by atoms with Crippen molar-refractivity contribution in [2.45, 2.75) is 6.42 Å². The highest BCUT2D eigenvalue weighted by molar-refractivity contribution is 5.55. The highest BCUT2D eigenvalue weighted by Crippen LogP contribution is 2.24. The van der Waals surface area contributed by atoms with Crippen LogP contribution in [0.15, 0.2) is 12.1 Å². The summed E-state index contributed by atoms with van der Waals surface area (Å²) in [5.74, 6) is 1.74. The second-order valence-corrected chi connectivity index (χ2v) is 5.37. The van der Waals surface area contributed by atoms with Gasteiger partial charge in [-0.3, -0.25) is 10.1 Å². The zero-order valence-corrected chi connectivity index (χ0v) is 12.2. The van der Waals surface area contributed by atoms with Crippen LogP contribution in [-0.2, 0) is 0 Å². The molecule has 0 spiro atoms. The van der Waals surface area contributed by atoms with E-state index in [4.69, 9.17) is 0 Å². The van der Waals surface area contributed by atoms with Crippen molar-refractivity contribution in [2.24, 2.45) is 5.92 Å². The molecule has 2 heterocycles. The molecule has 2 rings (SSSR count). The summed E-state index contributed by atoms with van der Waals surface area (Å²) in [5, 5.41) is 13.8. The van der Waals surface area contributed by atoms with E-state index in [1.54, 1.807) is 7.05 Å². The van der Waals surface area contributed by atoms with Gasteiger partial charge in [0.25, 0.3) is 5.69 Å². The number of hydrogen-bond donors (Lipinski definition) is 1. The summed E-state index contributed by atoms with van der Waals surface area (Å²) >= 11 is 0. The average Bonchev–Trinajstić information content (AvgIpc) is 2.83. The van der Waals surface area contributed by atoms with Crippen LogP contribution in [0.5, 0.6) is 0 Å². The Morgan fingerprint density at radius 3 is 2.90 bits per heavy atom. The first-order chi connectivity index (χ1) is 9.49. The minimum Gasteiger partial charge on any atom is -0.373 e. The van der Waals surface area contributed by atoms with Crippen molar-refractivity contribution in [3.05, 3.63) is 22.2 Å². The Morgan fingerprint density at radius 2 is 2.35 bits per heavy atom. The van der Waals surface area contributed by atoms with Crippen LogP contribution < -0.4 is 10.2 Å². The normalized spacial score (nSPS) is 19.1. The molecule has 110 valence electrons. The van der Waals surface area contributed by atoms with Gasteiger partial charge in [-0.25, -0.2) is 4.98 Å². The lowest BCUT2D eigenvalue weighted by molar-refractivity contribution is -0.384. The van der Waals surface area contributed by atoms with Gasteiger partial charge in [-0.2, -0.15) is 0 Å².